The van der Waals surface area contributed by atoms with E-state index in [9.17, 15) is 0 Å². The van der Waals surface area contributed by atoms with Crippen LogP contribution in [0.25, 0.3) is 0 Å². The first-order chi connectivity index (χ1) is 6.90. The van der Waals surface area contributed by atoms with Crippen molar-refractivity contribution in [1.29, 1.82) is 0 Å². The molecule has 0 aromatic carbocycles. The molecule has 2 aliphatic rings. The van der Waals surface area contributed by atoms with E-state index in [1.165, 1.54) is 24.8 Å². The molecular formula is C14H24O. The zero-order chi connectivity index (χ0) is 11.3. The van der Waals surface area contributed by atoms with Gasteiger partial charge in [-0.1, -0.05) is 27.4 Å². The van der Waals surface area contributed by atoms with Crippen molar-refractivity contribution in [3.05, 3.63) is 12.2 Å². The molecule has 3 atom stereocenters. The standard InChI is InChI=1S/C14H24O/c1-10-7-6-8-13(4,5)14(10)11(2)9-12(3)15-14/h11-12H,1,6-9H2,2-5H3. The van der Waals surface area contributed by atoms with Gasteiger partial charge < -0.3 is 4.74 Å². The molecule has 1 saturated heterocycles. The van der Waals surface area contributed by atoms with Gasteiger partial charge in [-0.15, -0.1) is 0 Å². The van der Waals surface area contributed by atoms with E-state index in [4.69, 9.17) is 4.74 Å². The molecule has 15 heavy (non-hydrogen) atoms. The van der Waals surface area contributed by atoms with E-state index in [-0.39, 0.29) is 11.0 Å². The van der Waals surface area contributed by atoms with Crippen molar-refractivity contribution in [2.45, 2.75) is 65.1 Å². The van der Waals surface area contributed by atoms with Crippen LogP contribution in [0, 0.1) is 11.3 Å². The predicted octanol–water partition coefficient (Wildman–Crippen LogP) is 3.94. The van der Waals surface area contributed by atoms with Gasteiger partial charge in [0.05, 0.1) is 11.7 Å². The molecular weight excluding hydrogens is 184 g/mol. The fourth-order valence-electron chi connectivity index (χ4n) is 4.00. The van der Waals surface area contributed by atoms with E-state index in [0.29, 0.717) is 12.0 Å². The molecule has 1 aliphatic carbocycles. The first kappa shape index (κ1) is 11.2. The Bertz CT molecular complexity index is 279. The van der Waals surface area contributed by atoms with Crippen LogP contribution in [0.5, 0.6) is 0 Å². The third-order valence-electron chi connectivity index (χ3n) is 4.58. The SMILES string of the molecule is C=C1CCCC(C)(C)C12OC(C)CC2C. The molecule has 0 aromatic heterocycles. The summed E-state index contributed by atoms with van der Waals surface area (Å²) in [6, 6.07) is 0. The topological polar surface area (TPSA) is 9.23 Å². The monoisotopic (exact) mass is 208 g/mol. The highest BCUT2D eigenvalue weighted by molar-refractivity contribution is 5.25. The Hall–Kier alpha value is -0.300. The molecule has 0 radical (unpaired) electrons. The van der Waals surface area contributed by atoms with Gasteiger partial charge in [-0.3, -0.25) is 0 Å². The van der Waals surface area contributed by atoms with Crippen LogP contribution in [-0.2, 0) is 4.74 Å². The molecule has 1 nitrogen and oxygen atoms in total. The van der Waals surface area contributed by atoms with E-state index in [0.717, 1.165) is 6.42 Å². The minimum absolute atomic E-state index is 0.0370. The van der Waals surface area contributed by atoms with E-state index in [2.05, 4.69) is 34.3 Å². The normalized spacial score (nSPS) is 44.9. The van der Waals surface area contributed by atoms with Gasteiger partial charge in [-0.05, 0) is 49.5 Å². The molecule has 2 rings (SSSR count). The van der Waals surface area contributed by atoms with Crippen molar-refractivity contribution < 1.29 is 4.74 Å². The lowest BCUT2D eigenvalue weighted by Crippen LogP contribution is -2.52. The summed E-state index contributed by atoms with van der Waals surface area (Å²) in [5.41, 5.74) is 1.56. The van der Waals surface area contributed by atoms with Crippen molar-refractivity contribution in [1.82, 2.24) is 0 Å². The summed E-state index contributed by atoms with van der Waals surface area (Å²) in [4.78, 5) is 0. The van der Waals surface area contributed by atoms with E-state index in [1.54, 1.807) is 0 Å². The molecule has 0 bridgehead atoms. The first-order valence-electron chi connectivity index (χ1n) is 6.26. The smallest absolute Gasteiger partial charge is 0.0969 e. The lowest BCUT2D eigenvalue weighted by atomic mass is 9.59. The van der Waals surface area contributed by atoms with Crippen LogP contribution in [0.1, 0.15) is 53.4 Å². The number of ether oxygens (including phenoxy) is 1. The van der Waals surface area contributed by atoms with Crippen molar-refractivity contribution in [3.8, 4) is 0 Å². The zero-order valence-electron chi connectivity index (χ0n) is 10.6. The summed E-state index contributed by atoms with van der Waals surface area (Å²) < 4.78 is 6.33. The fraction of sp³-hybridized carbons (Fsp3) is 0.857. The van der Waals surface area contributed by atoms with Crippen molar-refractivity contribution >= 4 is 0 Å². The number of hydrogen-bond acceptors (Lipinski definition) is 1. The number of rotatable bonds is 0. The molecule has 1 spiro atoms. The van der Waals surface area contributed by atoms with E-state index in [1.807, 2.05) is 0 Å². The predicted molar refractivity (Wildman–Crippen MR) is 63.8 cm³/mol. The lowest BCUT2D eigenvalue weighted by molar-refractivity contribution is -0.115. The van der Waals surface area contributed by atoms with Crippen LogP contribution in [0.3, 0.4) is 0 Å². The van der Waals surface area contributed by atoms with Crippen LogP contribution < -0.4 is 0 Å². The van der Waals surface area contributed by atoms with Gasteiger partial charge in [0.25, 0.3) is 0 Å². The van der Waals surface area contributed by atoms with Gasteiger partial charge in [-0.25, -0.2) is 0 Å². The Morgan fingerprint density at radius 3 is 2.47 bits per heavy atom. The summed E-state index contributed by atoms with van der Waals surface area (Å²) in [5.74, 6) is 0.621. The maximum Gasteiger partial charge on any atom is 0.0969 e. The first-order valence-corrected chi connectivity index (χ1v) is 6.26. The van der Waals surface area contributed by atoms with Crippen LogP contribution in [0.2, 0.25) is 0 Å². The number of hydrogen-bond donors (Lipinski definition) is 0. The maximum absolute atomic E-state index is 6.33. The minimum Gasteiger partial charge on any atom is -0.367 e. The molecule has 86 valence electrons. The zero-order valence-corrected chi connectivity index (χ0v) is 10.6. The second kappa shape index (κ2) is 3.35. The maximum atomic E-state index is 6.33. The van der Waals surface area contributed by atoms with Crippen LogP contribution in [0.4, 0.5) is 0 Å². The molecule has 1 heterocycles. The van der Waals surface area contributed by atoms with Crippen molar-refractivity contribution in [3.63, 3.8) is 0 Å². The second-order valence-corrected chi connectivity index (χ2v) is 6.14. The van der Waals surface area contributed by atoms with Gasteiger partial charge in [0.1, 0.15) is 0 Å². The molecule has 0 N–H and O–H groups in total. The summed E-state index contributed by atoms with van der Waals surface area (Å²) >= 11 is 0. The summed E-state index contributed by atoms with van der Waals surface area (Å²) in [5, 5.41) is 0. The Labute approximate surface area is 93.9 Å². The molecule has 3 unspecified atom stereocenters. The van der Waals surface area contributed by atoms with Gasteiger partial charge >= 0.3 is 0 Å². The van der Waals surface area contributed by atoms with Gasteiger partial charge in [0, 0.05) is 0 Å². The Balaban J connectivity index is 2.41. The van der Waals surface area contributed by atoms with Crippen LogP contribution >= 0.6 is 0 Å². The second-order valence-electron chi connectivity index (χ2n) is 6.14. The molecule has 0 amide bonds. The van der Waals surface area contributed by atoms with Crippen molar-refractivity contribution in [2.75, 3.05) is 0 Å². The van der Waals surface area contributed by atoms with Crippen molar-refractivity contribution in [2.24, 2.45) is 11.3 Å². The highest BCUT2D eigenvalue weighted by Gasteiger charge is 2.57. The quantitative estimate of drug-likeness (QED) is 0.548. The molecule has 2 fully saturated rings. The molecule has 1 heteroatoms. The highest BCUT2D eigenvalue weighted by atomic mass is 16.5. The third-order valence-corrected chi connectivity index (χ3v) is 4.58. The van der Waals surface area contributed by atoms with E-state index >= 15 is 0 Å². The van der Waals surface area contributed by atoms with Gasteiger partial charge in [0.15, 0.2) is 0 Å². The average Bonchev–Trinajstić information content (AvgIpc) is 2.39. The van der Waals surface area contributed by atoms with E-state index < -0.39 is 0 Å². The van der Waals surface area contributed by atoms with Crippen LogP contribution in [0.15, 0.2) is 12.2 Å². The summed E-state index contributed by atoms with van der Waals surface area (Å²) in [6.45, 7) is 13.5. The lowest BCUT2D eigenvalue weighted by Gasteiger charge is -2.51. The summed E-state index contributed by atoms with van der Waals surface area (Å²) in [6.07, 6.45) is 5.28. The Morgan fingerprint density at radius 2 is 2.00 bits per heavy atom. The molecule has 1 aliphatic heterocycles. The average molecular weight is 208 g/mol. The fourth-order valence-corrected chi connectivity index (χ4v) is 4.00. The largest absolute Gasteiger partial charge is 0.367 e. The van der Waals surface area contributed by atoms with Gasteiger partial charge in [-0.2, -0.15) is 0 Å². The van der Waals surface area contributed by atoms with Gasteiger partial charge in [0.2, 0.25) is 0 Å². The Morgan fingerprint density at radius 1 is 1.33 bits per heavy atom. The molecule has 1 saturated carbocycles. The molecule has 0 aromatic rings. The summed E-state index contributed by atoms with van der Waals surface area (Å²) in [7, 11) is 0. The minimum atomic E-state index is -0.0370. The third kappa shape index (κ3) is 1.39. The van der Waals surface area contributed by atoms with Crippen LogP contribution in [-0.4, -0.2) is 11.7 Å². The Kier molecular flexibility index (Phi) is 2.50. The highest BCUT2D eigenvalue weighted by Crippen LogP contribution is 2.57.